The van der Waals surface area contributed by atoms with E-state index in [0.717, 1.165) is 0 Å². The van der Waals surface area contributed by atoms with E-state index in [1.165, 1.54) is 17.0 Å². The molecule has 17 heavy (non-hydrogen) atoms. The topological polar surface area (TPSA) is 20.3 Å². The van der Waals surface area contributed by atoms with Crippen molar-refractivity contribution in [1.82, 2.24) is 0 Å². The Morgan fingerprint density at radius 1 is 1.47 bits per heavy atom. The van der Waals surface area contributed by atoms with Crippen molar-refractivity contribution in [3.8, 4) is 0 Å². The zero-order valence-electron chi connectivity index (χ0n) is 8.92. The lowest BCUT2D eigenvalue weighted by Crippen LogP contribution is -2.25. The maximum Gasteiger partial charge on any atom is 0.227 e. The lowest BCUT2D eigenvalue weighted by atomic mass is 10.1. The number of nitrogens with zero attached hydrogens (tertiary/aromatic N) is 1. The monoisotopic (exact) mass is 273 g/mol. The molecule has 1 atom stereocenters. The number of hydrogen-bond donors (Lipinski definition) is 0. The minimum atomic E-state index is -0.617. The third-order valence-corrected chi connectivity index (χ3v) is 3.25. The summed E-state index contributed by atoms with van der Waals surface area (Å²) < 4.78 is 13.8. The molecule has 5 heteroatoms. The van der Waals surface area contributed by atoms with Crippen molar-refractivity contribution in [2.75, 3.05) is 11.4 Å². The minimum absolute atomic E-state index is 0.0413. The van der Waals surface area contributed by atoms with Crippen LogP contribution in [0.2, 0.25) is 10.0 Å². The van der Waals surface area contributed by atoms with Gasteiger partial charge in [0, 0.05) is 23.9 Å². The average Bonchev–Trinajstić information content (AvgIpc) is 2.65. The van der Waals surface area contributed by atoms with E-state index in [4.69, 9.17) is 23.2 Å². The second-order valence-corrected chi connectivity index (χ2v) is 4.77. The zero-order valence-corrected chi connectivity index (χ0v) is 10.4. The van der Waals surface area contributed by atoms with Crippen molar-refractivity contribution in [3.05, 3.63) is 40.7 Å². The van der Waals surface area contributed by atoms with E-state index < -0.39 is 5.82 Å². The molecular weight excluding hydrogens is 264 g/mol. The van der Waals surface area contributed by atoms with Crippen LogP contribution in [-0.2, 0) is 4.79 Å². The molecular formula is C12H10Cl2FNO. The van der Waals surface area contributed by atoms with Gasteiger partial charge in [-0.25, -0.2) is 4.39 Å². The third kappa shape index (κ3) is 2.31. The van der Waals surface area contributed by atoms with Crippen LogP contribution in [0, 0.1) is 11.7 Å². The predicted octanol–water partition coefficient (Wildman–Crippen LogP) is 3.67. The number of benzene rings is 1. The first kappa shape index (κ1) is 12.4. The standard InChI is InChI=1S/C12H10Cl2FNO/c1-2-7-3-11(17)16(6-7)10-5-8(13)4-9(14)12(10)15/h2,4-5,7H,1,3,6H2. The summed E-state index contributed by atoms with van der Waals surface area (Å²) in [5.74, 6) is -0.721. The highest BCUT2D eigenvalue weighted by Gasteiger charge is 2.31. The van der Waals surface area contributed by atoms with Crippen LogP contribution in [0.3, 0.4) is 0 Å². The van der Waals surface area contributed by atoms with E-state index in [1.54, 1.807) is 6.08 Å². The molecule has 0 bridgehead atoms. The Bertz CT molecular complexity index is 490. The van der Waals surface area contributed by atoms with E-state index in [1.807, 2.05) is 0 Å². The quantitative estimate of drug-likeness (QED) is 0.595. The Morgan fingerprint density at radius 3 is 2.76 bits per heavy atom. The highest BCUT2D eigenvalue weighted by Crippen LogP contribution is 2.33. The minimum Gasteiger partial charge on any atom is -0.309 e. The van der Waals surface area contributed by atoms with Crippen LogP contribution in [0.15, 0.2) is 24.8 Å². The maximum atomic E-state index is 13.8. The first-order chi connectivity index (χ1) is 8.02. The predicted molar refractivity (Wildman–Crippen MR) is 67.1 cm³/mol. The molecule has 1 aliphatic rings. The van der Waals surface area contributed by atoms with E-state index >= 15 is 0 Å². The number of amides is 1. The van der Waals surface area contributed by atoms with Crippen molar-refractivity contribution in [2.45, 2.75) is 6.42 Å². The van der Waals surface area contributed by atoms with Crippen molar-refractivity contribution < 1.29 is 9.18 Å². The molecule has 2 nitrogen and oxygen atoms in total. The van der Waals surface area contributed by atoms with Crippen LogP contribution in [0.25, 0.3) is 0 Å². The van der Waals surface area contributed by atoms with E-state index in [-0.39, 0.29) is 22.5 Å². The second kappa shape index (κ2) is 4.67. The maximum absolute atomic E-state index is 13.8. The summed E-state index contributed by atoms with van der Waals surface area (Å²) in [6.45, 7) is 4.05. The average molecular weight is 274 g/mol. The van der Waals surface area contributed by atoms with Gasteiger partial charge in [-0.2, -0.15) is 0 Å². The Kier molecular flexibility index (Phi) is 3.40. The molecule has 90 valence electrons. The highest BCUT2D eigenvalue weighted by molar-refractivity contribution is 6.35. The van der Waals surface area contributed by atoms with Crippen molar-refractivity contribution in [2.24, 2.45) is 5.92 Å². The first-order valence-corrected chi connectivity index (χ1v) is 5.86. The van der Waals surface area contributed by atoms with Crippen molar-refractivity contribution in [1.29, 1.82) is 0 Å². The smallest absolute Gasteiger partial charge is 0.227 e. The fourth-order valence-corrected chi connectivity index (χ4v) is 2.35. The Labute approximate surface area is 109 Å². The van der Waals surface area contributed by atoms with Crippen LogP contribution in [-0.4, -0.2) is 12.5 Å². The fourth-order valence-electron chi connectivity index (χ4n) is 1.86. The summed E-state index contributed by atoms with van der Waals surface area (Å²) in [5, 5.41) is 0.226. The zero-order chi connectivity index (χ0) is 12.6. The fraction of sp³-hybridized carbons (Fsp3) is 0.250. The molecule has 0 spiro atoms. The van der Waals surface area contributed by atoms with Gasteiger partial charge in [0.1, 0.15) is 0 Å². The lowest BCUT2D eigenvalue weighted by Gasteiger charge is -2.17. The van der Waals surface area contributed by atoms with Crippen LogP contribution in [0.5, 0.6) is 0 Å². The molecule has 1 saturated heterocycles. The Morgan fingerprint density at radius 2 is 2.18 bits per heavy atom. The molecule has 1 unspecified atom stereocenters. The number of hydrogen-bond acceptors (Lipinski definition) is 1. The van der Waals surface area contributed by atoms with Gasteiger partial charge < -0.3 is 4.90 Å². The summed E-state index contributed by atoms with van der Waals surface area (Å²) in [5.41, 5.74) is 0.136. The molecule has 1 amide bonds. The van der Waals surface area contributed by atoms with Crippen LogP contribution in [0.1, 0.15) is 6.42 Å². The van der Waals surface area contributed by atoms with Crippen LogP contribution < -0.4 is 4.90 Å². The molecule has 1 fully saturated rings. The van der Waals surface area contributed by atoms with Gasteiger partial charge >= 0.3 is 0 Å². The molecule has 1 heterocycles. The van der Waals surface area contributed by atoms with Gasteiger partial charge in [0.15, 0.2) is 5.82 Å². The number of anilines is 1. The Balaban J connectivity index is 2.41. The molecule has 2 rings (SSSR count). The van der Waals surface area contributed by atoms with Crippen LogP contribution in [0.4, 0.5) is 10.1 Å². The molecule has 0 aliphatic carbocycles. The summed E-state index contributed by atoms with van der Waals surface area (Å²) >= 11 is 11.5. The third-order valence-electron chi connectivity index (χ3n) is 2.75. The summed E-state index contributed by atoms with van der Waals surface area (Å²) in [7, 11) is 0. The van der Waals surface area contributed by atoms with Gasteiger partial charge in [0.05, 0.1) is 10.7 Å². The summed E-state index contributed by atoms with van der Waals surface area (Å²) in [6.07, 6.45) is 2.04. The van der Waals surface area contributed by atoms with Crippen molar-refractivity contribution >= 4 is 34.8 Å². The SMILES string of the molecule is C=CC1CC(=O)N(c2cc(Cl)cc(Cl)c2F)C1. The second-order valence-electron chi connectivity index (χ2n) is 3.92. The molecule has 1 aromatic carbocycles. The number of carbonyl (C=O) groups is 1. The van der Waals surface area contributed by atoms with E-state index in [9.17, 15) is 9.18 Å². The van der Waals surface area contributed by atoms with Gasteiger partial charge in [-0.3, -0.25) is 4.79 Å². The molecule has 0 saturated carbocycles. The molecule has 1 aromatic rings. The van der Waals surface area contributed by atoms with Crippen LogP contribution >= 0.6 is 23.2 Å². The summed E-state index contributed by atoms with van der Waals surface area (Å²) in [6, 6.07) is 2.72. The lowest BCUT2D eigenvalue weighted by molar-refractivity contribution is -0.117. The van der Waals surface area contributed by atoms with Gasteiger partial charge in [-0.1, -0.05) is 29.3 Å². The first-order valence-electron chi connectivity index (χ1n) is 5.10. The number of rotatable bonds is 2. The molecule has 0 radical (unpaired) electrons. The normalized spacial score (nSPS) is 19.8. The van der Waals surface area contributed by atoms with Gasteiger partial charge in [0.25, 0.3) is 0 Å². The van der Waals surface area contributed by atoms with E-state index in [0.29, 0.717) is 18.0 Å². The molecule has 0 N–H and O–H groups in total. The largest absolute Gasteiger partial charge is 0.309 e. The summed E-state index contributed by atoms with van der Waals surface area (Å²) in [4.78, 5) is 13.1. The highest BCUT2D eigenvalue weighted by atomic mass is 35.5. The molecule has 1 aliphatic heterocycles. The number of halogens is 3. The number of carbonyl (C=O) groups excluding carboxylic acids is 1. The molecule has 0 aromatic heterocycles. The van der Waals surface area contributed by atoms with Gasteiger partial charge in [-0.05, 0) is 12.1 Å². The Hall–Kier alpha value is -1.06. The van der Waals surface area contributed by atoms with E-state index in [2.05, 4.69) is 6.58 Å². The van der Waals surface area contributed by atoms with Gasteiger partial charge in [0.2, 0.25) is 5.91 Å². The van der Waals surface area contributed by atoms with Gasteiger partial charge in [-0.15, -0.1) is 6.58 Å². The van der Waals surface area contributed by atoms with Crippen molar-refractivity contribution in [3.63, 3.8) is 0 Å².